The van der Waals surface area contributed by atoms with Crippen LogP contribution in [-0.2, 0) is 23.1 Å². The highest BCUT2D eigenvalue weighted by atomic mass is 35.5. The smallest absolute Gasteiger partial charge is 0.464 e. The molecule has 0 rings (SSSR count). The van der Waals surface area contributed by atoms with Gasteiger partial charge in [-0.25, -0.2) is 4.57 Å². The summed E-state index contributed by atoms with van der Waals surface area (Å²) in [6, 6.07) is 0. The van der Waals surface area contributed by atoms with Crippen molar-refractivity contribution in [1.82, 2.24) is 0 Å². The third-order valence-electron chi connectivity index (χ3n) is 5.34. The van der Waals surface area contributed by atoms with Crippen molar-refractivity contribution in [1.29, 1.82) is 0 Å². The minimum atomic E-state index is -4.16. The van der Waals surface area contributed by atoms with Gasteiger partial charge in [0.1, 0.15) is 19.8 Å². The SMILES string of the molecule is CCCCCCCCCCCCCCCC(=O)OC[C@@H](Cl)COP(=O)(O)OCC[N+](C)(C)C. The molecule has 0 spiro atoms. The highest BCUT2D eigenvalue weighted by Gasteiger charge is 2.24. The summed E-state index contributed by atoms with van der Waals surface area (Å²) >= 11 is 6.03. The van der Waals surface area contributed by atoms with E-state index < -0.39 is 13.2 Å². The molecule has 0 saturated heterocycles. The number of likely N-dealkylation sites (N-methyl/N-ethyl adjacent to an activating group) is 1. The molecule has 0 bridgehead atoms. The summed E-state index contributed by atoms with van der Waals surface area (Å²) in [6.07, 6.45) is 16.7. The Balaban J connectivity index is 3.57. The molecule has 2 atom stereocenters. The van der Waals surface area contributed by atoms with E-state index in [4.69, 9.17) is 25.4 Å². The maximum atomic E-state index is 11.8. The lowest BCUT2D eigenvalue weighted by Crippen LogP contribution is -2.37. The molecule has 0 heterocycles. The first-order chi connectivity index (χ1) is 15.6. The molecule has 33 heavy (non-hydrogen) atoms. The fourth-order valence-corrected chi connectivity index (χ4v) is 4.20. The number of carbonyl (C=O) groups excluding carboxylic acids is 1. The van der Waals surface area contributed by atoms with E-state index in [0.29, 0.717) is 17.4 Å². The molecule has 0 saturated carbocycles. The molecule has 0 aliphatic rings. The van der Waals surface area contributed by atoms with Crippen LogP contribution < -0.4 is 0 Å². The number of rotatable bonds is 23. The number of nitrogens with zero attached hydrogens (tertiary/aromatic N) is 1. The van der Waals surface area contributed by atoms with Crippen LogP contribution in [0.3, 0.4) is 0 Å². The van der Waals surface area contributed by atoms with Gasteiger partial charge in [0.25, 0.3) is 0 Å². The number of ether oxygens (including phenoxy) is 1. The summed E-state index contributed by atoms with van der Waals surface area (Å²) in [7, 11) is 1.70. The van der Waals surface area contributed by atoms with E-state index in [1.807, 2.05) is 21.1 Å². The van der Waals surface area contributed by atoms with Crippen LogP contribution in [0.1, 0.15) is 96.8 Å². The van der Waals surface area contributed by atoms with Crippen LogP contribution >= 0.6 is 19.4 Å². The topological polar surface area (TPSA) is 82.1 Å². The van der Waals surface area contributed by atoms with Crippen molar-refractivity contribution in [3.8, 4) is 0 Å². The Bertz CT molecular complexity index is 530. The molecule has 1 unspecified atom stereocenters. The number of esters is 1. The molecule has 0 fully saturated rings. The molecule has 0 radical (unpaired) electrons. The number of hydrogen-bond donors (Lipinski definition) is 1. The molecular weight excluding hydrogens is 465 g/mol. The van der Waals surface area contributed by atoms with Gasteiger partial charge in [0.05, 0.1) is 33.1 Å². The van der Waals surface area contributed by atoms with E-state index >= 15 is 0 Å². The monoisotopic (exact) mass is 514 g/mol. The normalized spacial score (nSPS) is 14.7. The zero-order valence-electron chi connectivity index (χ0n) is 21.6. The molecule has 0 aromatic heterocycles. The minimum Gasteiger partial charge on any atom is -0.464 e. The maximum Gasteiger partial charge on any atom is 0.472 e. The lowest BCUT2D eigenvalue weighted by atomic mass is 10.0. The van der Waals surface area contributed by atoms with Gasteiger partial charge in [-0.3, -0.25) is 13.8 Å². The third kappa shape index (κ3) is 24.7. The van der Waals surface area contributed by atoms with Gasteiger partial charge < -0.3 is 14.1 Å². The first kappa shape index (κ1) is 32.8. The predicted octanol–water partition coefficient (Wildman–Crippen LogP) is 6.46. The van der Waals surface area contributed by atoms with Crippen molar-refractivity contribution in [2.45, 2.75) is 102 Å². The van der Waals surface area contributed by atoms with Crippen LogP contribution in [-0.4, -0.2) is 68.2 Å². The number of carbonyl (C=O) groups is 1. The number of alkyl halides is 1. The van der Waals surface area contributed by atoms with Crippen molar-refractivity contribution in [3.63, 3.8) is 0 Å². The molecule has 7 nitrogen and oxygen atoms in total. The minimum absolute atomic E-state index is 0.0578. The van der Waals surface area contributed by atoms with Crippen LogP contribution in [0.5, 0.6) is 0 Å². The van der Waals surface area contributed by atoms with E-state index in [0.717, 1.165) is 19.3 Å². The number of quaternary nitrogens is 1. The zero-order valence-corrected chi connectivity index (χ0v) is 23.2. The number of unbranched alkanes of at least 4 members (excludes halogenated alkanes) is 12. The standard InChI is InChI=1S/C24H49ClNO6P/c1-5-6-7-8-9-10-11-12-13-14-15-16-17-18-24(27)30-21-23(25)22-32-33(28,29)31-20-19-26(2,3)4/h23H,5-22H2,1-4H3/p+1/t23-/m1/s1. The number of hydrogen-bond acceptors (Lipinski definition) is 5. The van der Waals surface area contributed by atoms with Crippen LogP contribution in [0.4, 0.5) is 0 Å². The van der Waals surface area contributed by atoms with E-state index in [1.165, 1.54) is 64.2 Å². The largest absolute Gasteiger partial charge is 0.472 e. The lowest BCUT2D eigenvalue weighted by Gasteiger charge is -2.24. The first-order valence-electron chi connectivity index (χ1n) is 12.8. The van der Waals surface area contributed by atoms with E-state index in [-0.39, 0.29) is 25.8 Å². The van der Waals surface area contributed by atoms with Crippen LogP contribution in [0.25, 0.3) is 0 Å². The second kappa shape index (κ2) is 20.1. The van der Waals surface area contributed by atoms with Gasteiger partial charge in [0.2, 0.25) is 0 Å². The van der Waals surface area contributed by atoms with E-state index in [9.17, 15) is 14.3 Å². The zero-order chi connectivity index (χ0) is 25.0. The van der Waals surface area contributed by atoms with Gasteiger partial charge in [0, 0.05) is 6.42 Å². The fourth-order valence-electron chi connectivity index (χ4n) is 3.23. The van der Waals surface area contributed by atoms with Crippen molar-refractivity contribution in [2.75, 3.05) is 47.5 Å². The average molecular weight is 515 g/mol. The highest BCUT2D eigenvalue weighted by Crippen LogP contribution is 2.43. The lowest BCUT2D eigenvalue weighted by molar-refractivity contribution is -0.870. The maximum absolute atomic E-state index is 11.8. The quantitative estimate of drug-likeness (QED) is 0.0554. The Morgan fingerprint density at radius 2 is 1.33 bits per heavy atom. The molecule has 0 aliphatic carbocycles. The molecular formula is C24H50ClNO6P+. The average Bonchev–Trinajstić information content (AvgIpc) is 2.73. The van der Waals surface area contributed by atoms with Crippen molar-refractivity contribution >= 4 is 25.4 Å². The molecule has 0 amide bonds. The Labute approximate surface area is 207 Å². The number of phosphoric acid groups is 1. The second-order valence-corrected chi connectivity index (χ2v) is 12.0. The molecule has 0 aliphatic heterocycles. The van der Waals surface area contributed by atoms with Crippen molar-refractivity contribution in [3.05, 3.63) is 0 Å². The summed E-state index contributed by atoms with van der Waals surface area (Å²) in [5, 5.41) is -0.705. The summed E-state index contributed by atoms with van der Waals surface area (Å²) in [5.41, 5.74) is 0. The first-order valence-corrected chi connectivity index (χ1v) is 14.7. The Kier molecular flexibility index (Phi) is 20.0. The fraction of sp³-hybridized carbons (Fsp3) is 0.958. The summed E-state index contributed by atoms with van der Waals surface area (Å²) in [4.78, 5) is 21.5. The van der Waals surface area contributed by atoms with Gasteiger partial charge in [-0.2, -0.15) is 0 Å². The molecule has 0 aromatic rings. The van der Waals surface area contributed by atoms with Gasteiger partial charge in [-0.05, 0) is 6.42 Å². The van der Waals surface area contributed by atoms with Gasteiger partial charge in [0.15, 0.2) is 0 Å². The van der Waals surface area contributed by atoms with Crippen LogP contribution in [0.15, 0.2) is 0 Å². The molecule has 1 N–H and O–H groups in total. The Hall–Kier alpha value is -0.170. The Morgan fingerprint density at radius 3 is 1.82 bits per heavy atom. The van der Waals surface area contributed by atoms with Gasteiger partial charge >= 0.3 is 13.8 Å². The predicted molar refractivity (Wildman–Crippen MR) is 136 cm³/mol. The molecule has 198 valence electrons. The van der Waals surface area contributed by atoms with Gasteiger partial charge in [-0.15, -0.1) is 11.6 Å². The summed E-state index contributed by atoms with van der Waals surface area (Å²) in [6.45, 7) is 2.62. The summed E-state index contributed by atoms with van der Waals surface area (Å²) < 4.78 is 27.4. The number of halogens is 1. The van der Waals surface area contributed by atoms with Crippen molar-refractivity contribution < 1.29 is 32.5 Å². The van der Waals surface area contributed by atoms with Gasteiger partial charge in [-0.1, -0.05) is 84.0 Å². The van der Waals surface area contributed by atoms with Crippen molar-refractivity contribution in [2.24, 2.45) is 0 Å². The Morgan fingerprint density at radius 1 is 0.848 bits per heavy atom. The second-order valence-electron chi connectivity index (χ2n) is 9.88. The third-order valence-corrected chi connectivity index (χ3v) is 6.58. The van der Waals surface area contributed by atoms with Crippen LogP contribution in [0.2, 0.25) is 0 Å². The summed E-state index contributed by atoms with van der Waals surface area (Å²) in [5.74, 6) is -0.296. The molecule has 0 aromatic carbocycles. The highest BCUT2D eigenvalue weighted by molar-refractivity contribution is 7.47. The van der Waals surface area contributed by atoms with Crippen LogP contribution in [0, 0.1) is 0 Å². The van der Waals surface area contributed by atoms with E-state index in [2.05, 4.69) is 6.92 Å². The molecule has 9 heteroatoms. The number of phosphoric ester groups is 1. The van der Waals surface area contributed by atoms with E-state index in [1.54, 1.807) is 0 Å².